The molecule has 6 heteroatoms. The Morgan fingerprint density at radius 2 is 1.84 bits per heavy atom. The summed E-state index contributed by atoms with van der Waals surface area (Å²) in [7, 11) is 0. The number of carboxylic acids is 1. The molecule has 0 bridgehead atoms. The zero-order valence-electron chi connectivity index (χ0n) is 13.7. The Labute approximate surface area is 145 Å². The summed E-state index contributed by atoms with van der Waals surface area (Å²) in [6.45, 7) is 0.324. The van der Waals surface area contributed by atoms with Crippen molar-refractivity contribution in [3.8, 4) is 5.75 Å². The first-order chi connectivity index (χ1) is 12.0. The second-order valence-corrected chi connectivity index (χ2v) is 5.55. The lowest BCUT2D eigenvalue weighted by Crippen LogP contribution is -2.12. The number of aryl methyl sites for hydroxylation is 1. The minimum Gasteiger partial charge on any atom is -0.493 e. The van der Waals surface area contributed by atoms with E-state index in [1.54, 1.807) is 36.4 Å². The third kappa shape index (κ3) is 7.03. The van der Waals surface area contributed by atoms with Gasteiger partial charge < -0.3 is 15.2 Å². The van der Waals surface area contributed by atoms with Crippen LogP contribution in [0, 0.1) is 5.82 Å². The van der Waals surface area contributed by atoms with Crippen molar-refractivity contribution < 1.29 is 23.8 Å². The Bertz CT molecular complexity index is 716. The lowest BCUT2D eigenvalue weighted by molar-refractivity contribution is -0.137. The second-order valence-electron chi connectivity index (χ2n) is 5.55. The van der Waals surface area contributed by atoms with E-state index in [4.69, 9.17) is 9.84 Å². The summed E-state index contributed by atoms with van der Waals surface area (Å²) in [6, 6.07) is 13.0. The fourth-order valence-corrected chi connectivity index (χ4v) is 2.21. The number of hydrogen-bond acceptors (Lipinski definition) is 3. The van der Waals surface area contributed by atoms with E-state index >= 15 is 0 Å². The van der Waals surface area contributed by atoms with Gasteiger partial charge in [-0.05, 0) is 42.7 Å². The highest BCUT2D eigenvalue weighted by Gasteiger charge is 2.04. The molecule has 2 rings (SSSR count). The van der Waals surface area contributed by atoms with Crippen LogP contribution in [-0.4, -0.2) is 23.6 Å². The highest BCUT2D eigenvalue weighted by atomic mass is 19.1. The fourth-order valence-electron chi connectivity index (χ4n) is 2.21. The summed E-state index contributed by atoms with van der Waals surface area (Å²) in [5.41, 5.74) is 1.57. The molecule has 0 aromatic heterocycles. The molecule has 0 aliphatic rings. The Kier molecular flexibility index (Phi) is 6.95. The largest absolute Gasteiger partial charge is 0.493 e. The number of halogens is 1. The summed E-state index contributed by atoms with van der Waals surface area (Å²) in [4.78, 5) is 22.4. The molecule has 0 unspecified atom stereocenters. The number of nitrogens with one attached hydrogen (secondary N) is 1. The van der Waals surface area contributed by atoms with E-state index in [1.807, 2.05) is 0 Å². The minimum absolute atomic E-state index is 0.0804. The Balaban J connectivity index is 1.68. The second kappa shape index (κ2) is 9.42. The van der Waals surface area contributed by atoms with Gasteiger partial charge >= 0.3 is 5.97 Å². The van der Waals surface area contributed by atoms with Crippen LogP contribution >= 0.6 is 0 Å². The molecule has 2 N–H and O–H groups in total. The zero-order valence-corrected chi connectivity index (χ0v) is 13.7. The highest BCUT2D eigenvalue weighted by Crippen LogP contribution is 2.13. The number of benzene rings is 2. The number of carbonyl (C=O) groups excluding carboxylic acids is 1. The van der Waals surface area contributed by atoms with Gasteiger partial charge in [0, 0.05) is 24.6 Å². The molecule has 2 aromatic rings. The van der Waals surface area contributed by atoms with Crippen molar-refractivity contribution in [2.24, 2.45) is 0 Å². The molecule has 0 aliphatic carbocycles. The molecule has 5 nitrogen and oxygen atoms in total. The summed E-state index contributed by atoms with van der Waals surface area (Å²) >= 11 is 0. The maximum Gasteiger partial charge on any atom is 0.303 e. The van der Waals surface area contributed by atoms with Crippen molar-refractivity contribution in [2.75, 3.05) is 11.9 Å². The molecular weight excluding hydrogens is 325 g/mol. The molecule has 2 aromatic carbocycles. The average Bonchev–Trinajstić information content (AvgIpc) is 2.58. The van der Waals surface area contributed by atoms with Gasteiger partial charge in [-0.25, -0.2) is 4.39 Å². The molecular formula is C19H20FNO4. The standard InChI is InChI=1S/C19H20FNO4/c20-15-3-1-4-17(13-15)25-12-2-5-18(22)21-16-9-6-14(7-10-16)8-11-19(23)24/h1,3-4,6-7,9-10,13H,2,5,8,11-12H2,(H,21,22)(H,23,24). The van der Waals surface area contributed by atoms with Crippen molar-refractivity contribution in [3.05, 3.63) is 59.9 Å². The number of amides is 1. The van der Waals surface area contributed by atoms with Gasteiger partial charge in [0.05, 0.1) is 6.61 Å². The lowest BCUT2D eigenvalue weighted by Gasteiger charge is -2.08. The van der Waals surface area contributed by atoms with E-state index in [2.05, 4.69) is 5.32 Å². The van der Waals surface area contributed by atoms with Crippen molar-refractivity contribution in [1.29, 1.82) is 0 Å². The molecule has 0 radical (unpaired) electrons. The van der Waals surface area contributed by atoms with Crippen LogP contribution in [0.3, 0.4) is 0 Å². The monoisotopic (exact) mass is 345 g/mol. The van der Waals surface area contributed by atoms with Crippen LogP contribution in [0.25, 0.3) is 0 Å². The van der Waals surface area contributed by atoms with Crippen LogP contribution in [0.2, 0.25) is 0 Å². The van der Waals surface area contributed by atoms with Gasteiger partial charge in [0.25, 0.3) is 0 Å². The van der Waals surface area contributed by atoms with Crippen LogP contribution in [0.4, 0.5) is 10.1 Å². The molecule has 0 saturated carbocycles. The van der Waals surface area contributed by atoms with Gasteiger partial charge in [0.2, 0.25) is 5.91 Å². The Hall–Kier alpha value is -2.89. The van der Waals surface area contributed by atoms with Crippen LogP contribution in [0.1, 0.15) is 24.8 Å². The van der Waals surface area contributed by atoms with Gasteiger partial charge in [0.15, 0.2) is 0 Å². The Morgan fingerprint density at radius 1 is 1.08 bits per heavy atom. The first-order valence-electron chi connectivity index (χ1n) is 8.02. The molecule has 0 atom stereocenters. The van der Waals surface area contributed by atoms with Gasteiger partial charge in [-0.3, -0.25) is 9.59 Å². The normalized spacial score (nSPS) is 10.3. The van der Waals surface area contributed by atoms with E-state index < -0.39 is 5.97 Å². The first-order valence-corrected chi connectivity index (χ1v) is 8.02. The minimum atomic E-state index is -0.835. The van der Waals surface area contributed by atoms with Crippen LogP contribution < -0.4 is 10.1 Å². The van der Waals surface area contributed by atoms with Crippen molar-refractivity contribution >= 4 is 17.6 Å². The van der Waals surface area contributed by atoms with Crippen molar-refractivity contribution in [1.82, 2.24) is 0 Å². The van der Waals surface area contributed by atoms with Crippen LogP contribution in [0.5, 0.6) is 5.75 Å². The zero-order chi connectivity index (χ0) is 18.1. The number of aliphatic carboxylic acids is 1. The average molecular weight is 345 g/mol. The summed E-state index contributed by atoms with van der Waals surface area (Å²) in [6.07, 6.45) is 1.34. The topological polar surface area (TPSA) is 75.6 Å². The Morgan fingerprint density at radius 3 is 2.52 bits per heavy atom. The van der Waals surface area contributed by atoms with Crippen LogP contribution in [-0.2, 0) is 16.0 Å². The number of rotatable bonds is 9. The molecule has 0 fully saturated rings. The van der Waals surface area contributed by atoms with E-state index in [1.165, 1.54) is 12.1 Å². The third-order valence-electron chi connectivity index (χ3n) is 3.48. The maximum absolute atomic E-state index is 13.0. The molecule has 0 spiro atoms. The van der Waals surface area contributed by atoms with Gasteiger partial charge in [0.1, 0.15) is 11.6 Å². The predicted molar refractivity (Wildman–Crippen MR) is 92.2 cm³/mol. The highest BCUT2D eigenvalue weighted by molar-refractivity contribution is 5.90. The van der Waals surface area contributed by atoms with E-state index in [9.17, 15) is 14.0 Å². The first kappa shape index (κ1) is 18.4. The molecule has 0 aliphatic heterocycles. The molecule has 0 heterocycles. The molecule has 1 amide bonds. The summed E-state index contributed by atoms with van der Waals surface area (Å²) in [5.74, 6) is -0.890. The SMILES string of the molecule is O=C(O)CCc1ccc(NC(=O)CCCOc2cccc(F)c2)cc1. The quantitative estimate of drug-likeness (QED) is 0.680. The van der Waals surface area contributed by atoms with Crippen LogP contribution in [0.15, 0.2) is 48.5 Å². The number of carbonyl (C=O) groups is 2. The van der Waals surface area contributed by atoms with Crippen molar-refractivity contribution in [3.63, 3.8) is 0 Å². The number of ether oxygens (including phenoxy) is 1. The number of anilines is 1. The van der Waals surface area contributed by atoms with E-state index in [-0.39, 0.29) is 24.6 Å². The molecule has 0 saturated heterocycles. The number of hydrogen-bond donors (Lipinski definition) is 2. The van der Waals surface area contributed by atoms with E-state index in [0.717, 1.165) is 5.56 Å². The van der Waals surface area contributed by atoms with E-state index in [0.29, 0.717) is 30.9 Å². The summed E-state index contributed by atoms with van der Waals surface area (Å²) in [5, 5.41) is 11.4. The molecule has 132 valence electrons. The maximum atomic E-state index is 13.0. The van der Waals surface area contributed by atoms with Crippen molar-refractivity contribution in [2.45, 2.75) is 25.7 Å². The van der Waals surface area contributed by atoms with Gasteiger partial charge in [-0.15, -0.1) is 0 Å². The smallest absolute Gasteiger partial charge is 0.303 e. The third-order valence-corrected chi connectivity index (χ3v) is 3.48. The van der Waals surface area contributed by atoms with Gasteiger partial charge in [-0.1, -0.05) is 18.2 Å². The van der Waals surface area contributed by atoms with Gasteiger partial charge in [-0.2, -0.15) is 0 Å². The fraction of sp³-hybridized carbons (Fsp3) is 0.263. The summed E-state index contributed by atoms with van der Waals surface area (Å²) < 4.78 is 18.4. The number of carboxylic acid groups (broad SMARTS) is 1. The predicted octanol–water partition coefficient (Wildman–Crippen LogP) is 3.64. The lowest BCUT2D eigenvalue weighted by atomic mass is 10.1. The molecule has 25 heavy (non-hydrogen) atoms.